The molecule has 1 N–H and O–H groups in total. The van der Waals surface area contributed by atoms with E-state index in [9.17, 15) is 4.79 Å². The van der Waals surface area contributed by atoms with Crippen molar-refractivity contribution in [2.45, 2.75) is 33.6 Å². The summed E-state index contributed by atoms with van der Waals surface area (Å²) in [5.74, 6) is 0.754. The predicted octanol–water partition coefficient (Wildman–Crippen LogP) is 3.69. The van der Waals surface area contributed by atoms with Crippen molar-refractivity contribution < 1.29 is 9.53 Å². The minimum Gasteiger partial charge on any atom is -0.491 e. The number of carbonyl (C=O) groups excluding carboxylic acids is 1. The van der Waals surface area contributed by atoms with Crippen LogP contribution in [0.3, 0.4) is 0 Å². The van der Waals surface area contributed by atoms with Crippen molar-refractivity contribution in [3.8, 4) is 5.75 Å². The molecule has 1 aromatic carbocycles. The van der Waals surface area contributed by atoms with Gasteiger partial charge in [0.05, 0.1) is 18.8 Å². The first-order chi connectivity index (χ1) is 11.7. The van der Waals surface area contributed by atoms with Gasteiger partial charge in [0.1, 0.15) is 11.3 Å². The van der Waals surface area contributed by atoms with E-state index in [2.05, 4.69) is 36.0 Å². The number of pyridine rings is 1. The minimum atomic E-state index is -0.0106. The fourth-order valence-electron chi connectivity index (χ4n) is 2.54. The van der Waals surface area contributed by atoms with Crippen LogP contribution < -0.4 is 10.1 Å². The lowest BCUT2D eigenvalue weighted by molar-refractivity contribution is -0.117. The van der Waals surface area contributed by atoms with Crippen LogP contribution in [0.5, 0.6) is 5.75 Å². The Kier molecular flexibility index (Phi) is 7.00. The van der Waals surface area contributed by atoms with Gasteiger partial charge in [-0.15, -0.1) is 0 Å². The van der Waals surface area contributed by atoms with E-state index in [0.717, 1.165) is 48.3 Å². The van der Waals surface area contributed by atoms with Gasteiger partial charge >= 0.3 is 0 Å². The summed E-state index contributed by atoms with van der Waals surface area (Å²) in [6.07, 6.45) is 3.85. The predicted molar refractivity (Wildman–Crippen MR) is 98.6 cm³/mol. The number of hydrogen-bond acceptors (Lipinski definition) is 4. The highest BCUT2D eigenvalue weighted by molar-refractivity contribution is 6.03. The minimum absolute atomic E-state index is 0.0106. The molecule has 0 aliphatic heterocycles. The Labute approximate surface area is 144 Å². The van der Waals surface area contributed by atoms with Gasteiger partial charge in [0.25, 0.3) is 0 Å². The summed E-state index contributed by atoms with van der Waals surface area (Å²) in [5.41, 5.74) is 1.56. The molecule has 0 spiro atoms. The smallest absolute Gasteiger partial charge is 0.238 e. The molecule has 0 atom stereocenters. The summed E-state index contributed by atoms with van der Waals surface area (Å²) in [5, 5.41) is 3.90. The summed E-state index contributed by atoms with van der Waals surface area (Å²) >= 11 is 0. The summed E-state index contributed by atoms with van der Waals surface area (Å²) in [4.78, 5) is 18.8. The van der Waals surface area contributed by atoms with Gasteiger partial charge in [-0.3, -0.25) is 14.7 Å². The van der Waals surface area contributed by atoms with Crippen LogP contribution in [-0.4, -0.2) is 42.0 Å². The number of fused-ring (bicyclic) bond motifs is 1. The number of aromatic nitrogens is 1. The maximum absolute atomic E-state index is 12.3. The van der Waals surface area contributed by atoms with Gasteiger partial charge in [-0.25, -0.2) is 0 Å². The molecule has 0 aliphatic rings. The second-order valence-electron chi connectivity index (χ2n) is 5.72. The fraction of sp³-hybridized carbons (Fsp3) is 0.474. The Hall–Kier alpha value is -2.14. The van der Waals surface area contributed by atoms with Gasteiger partial charge in [-0.1, -0.05) is 27.2 Å². The Morgan fingerprint density at radius 2 is 2.00 bits per heavy atom. The van der Waals surface area contributed by atoms with Crippen molar-refractivity contribution in [3.05, 3.63) is 30.5 Å². The highest BCUT2D eigenvalue weighted by Gasteiger charge is 2.12. The number of unbranched alkanes of at least 4 members (excludes halogenated alkanes) is 1. The molecule has 2 rings (SSSR count). The topological polar surface area (TPSA) is 54.5 Å². The van der Waals surface area contributed by atoms with Gasteiger partial charge in [0.2, 0.25) is 5.91 Å². The molecule has 0 radical (unpaired) electrons. The van der Waals surface area contributed by atoms with E-state index in [1.807, 2.05) is 24.3 Å². The van der Waals surface area contributed by atoms with Gasteiger partial charge < -0.3 is 10.1 Å². The maximum atomic E-state index is 12.3. The first-order valence-corrected chi connectivity index (χ1v) is 8.72. The van der Waals surface area contributed by atoms with Crippen LogP contribution in [0.2, 0.25) is 0 Å². The Balaban J connectivity index is 2.19. The number of carbonyl (C=O) groups is 1. The second-order valence-corrected chi connectivity index (χ2v) is 5.72. The summed E-state index contributed by atoms with van der Waals surface area (Å²) in [7, 11) is 0. The van der Waals surface area contributed by atoms with E-state index in [-0.39, 0.29) is 5.91 Å². The molecular weight excluding hydrogens is 302 g/mol. The molecule has 24 heavy (non-hydrogen) atoms. The molecule has 5 heteroatoms. The zero-order valence-corrected chi connectivity index (χ0v) is 14.8. The standard InChI is InChI=1S/C19H27N3O2/c1-4-7-13-24-17-11-10-16(15-9-8-12-20-19(15)17)21-18(23)14-22(5-2)6-3/h8-12H,4-7,13-14H2,1-3H3,(H,21,23). The Morgan fingerprint density at radius 3 is 2.71 bits per heavy atom. The summed E-state index contributed by atoms with van der Waals surface area (Å²) in [6, 6.07) is 7.61. The lowest BCUT2D eigenvalue weighted by Gasteiger charge is -2.18. The van der Waals surface area contributed by atoms with E-state index in [1.165, 1.54) is 0 Å². The number of nitrogens with one attached hydrogen (secondary N) is 1. The third-order valence-electron chi connectivity index (χ3n) is 4.02. The van der Waals surface area contributed by atoms with Gasteiger partial charge in [-0.05, 0) is 43.8 Å². The van der Waals surface area contributed by atoms with Crippen LogP contribution in [-0.2, 0) is 4.79 Å². The molecule has 0 unspecified atom stereocenters. The van der Waals surface area contributed by atoms with E-state index in [1.54, 1.807) is 6.20 Å². The summed E-state index contributed by atoms with van der Waals surface area (Å²) in [6.45, 7) is 9.03. The van der Waals surface area contributed by atoms with Crippen molar-refractivity contribution >= 4 is 22.5 Å². The highest BCUT2D eigenvalue weighted by atomic mass is 16.5. The van der Waals surface area contributed by atoms with Crippen LogP contribution >= 0.6 is 0 Å². The van der Waals surface area contributed by atoms with Crippen molar-refractivity contribution in [3.63, 3.8) is 0 Å². The first-order valence-electron chi connectivity index (χ1n) is 8.72. The quantitative estimate of drug-likeness (QED) is 0.713. The number of likely N-dealkylation sites (N-methyl/N-ethyl adjacent to an activating group) is 1. The van der Waals surface area contributed by atoms with E-state index >= 15 is 0 Å². The average Bonchev–Trinajstić information content (AvgIpc) is 2.61. The molecule has 0 saturated heterocycles. The molecule has 1 heterocycles. The largest absolute Gasteiger partial charge is 0.491 e. The van der Waals surface area contributed by atoms with Crippen LogP contribution in [0.25, 0.3) is 10.9 Å². The van der Waals surface area contributed by atoms with Crippen LogP contribution in [0.15, 0.2) is 30.5 Å². The molecule has 0 fully saturated rings. The SMILES string of the molecule is CCCCOc1ccc(NC(=O)CN(CC)CC)c2cccnc12. The van der Waals surface area contributed by atoms with E-state index in [4.69, 9.17) is 4.74 Å². The average molecular weight is 329 g/mol. The summed E-state index contributed by atoms with van der Waals surface area (Å²) < 4.78 is 5.84. The maximum Gasteiger partial charge on any atom is 0.238 e. The molecule has 1 amide bonds. The second kappa shape index (κ2) is 9.23. The van der Waals surface area contributed by atoms with Gasteiger partial charge in [-0.2, -0.15) is 0 Å². The van der Waals surface area contributed by atoms with Crippen molar-refractivity contribution in [2.75, 3.05) is 31.6 Å². The third kappa shape index (κ3) is 4.68. The van der Waals surface area contributed by atoms with E-state index in [0.29, 0.717) is 13.2 Å². The third-order valence-corrected chi connectivity index (χ3v) is 4.02. The Bertz CT molecular complexity index is 669. The molecule has 130 valence electrons. The van der Waals surface area contributed by atoms with Gasteiger partial charge in [0, 0.05) is 11.6 Å². The first kappa shape index (κ1) is 18.2. The molecule has 0 aliphatic carbocycles. The number of rotatable bonds is 9. The lowest BCUT2D eigenvalue weighted by atomic mass is 10.1. The van der Waals surface area contributed by atoms with Crippen molar-refractivity contribution in [1.82, 2.24) is 9.88 Å². The highest BCUT2D eigenvalue weighted by Crippen LogP contribution is 2.30. The number of hydrogen-bond donors (Lipinski definition) is 1. The van der Waals surface area contributed by atoms with Crippen LogP contribution in [0.4, 0.5) is 5.69 Å². The molecule has 1 aromatic heterocycles. The fourth-order valence-corrected chi connectivity index (χ4v) is 2.54. The monoisotopic (exact) mass is 329 g/mol. The number of benzene rings is 1. The zero-order chi connectivity index (χ0) is 17.4. The van der Waals surface area contributed by atoms with Crippen molar-refractivity contribution in [2.24, 2.45) is 0 Å². The normalized spacial score (nSPS) is 11.0. The van der Waals surface area contributed by atoms with Crippen molar-refractivity contribution in [1.29, 1.82) is 0 Å². The number of nitrogens with zero attached hydrogens (tertiary/aromatic N) is 2. The number of amides is 1. The Morgan fingerprint density at radius 1 is 1.21 bits per heavy atom. The van der Waals surface area contributed by atoms with Crippen LogP contribution in [0.1, 0.15) is 33.6 Å². The lowest BCUT2D eigenvalue weighted by Crippen LogP contribution is -2.32. The molecule has 0 bridgehead atoms. The zero-order valence-electron chi connectivity index (χ0n) is 14.8. The van der Waals surface area contributed by atoms with Crippen LogP contribution in [0, 0.1) is 0 Å². The molecule has 0 saturated carbocycles. The van der Waals surface area contributed by atoms with E-state index < -0.39 is 0 Å². The number of anilines is 1. The molecular formula is C19H27N3O2. The molecule has 5 nitrogen and oxygen atoms in total. The number of ether oxygens (including phenoxy) is 1. The van der Waals surface area contributed by atoms with Gasteiger partial charge in [0.15, 0.2) is 0 Å². The molecule has 2 aromatic rings.